The summed E-state index contributed by atoms with van der Waals surface area (Å²) in [6.07, 6.45) is 1.21. The van der Waals surface area contributed by atoms with Crippen LogP contribution in [-0.4, -0.2) is 5.91 Å². The highest BCUT2D eigenvalue weighted by Crippen LogP contribution is 2.20. The third-order valence-electron chi connectivity index (χ3n) is 3.93. The Morgan fingerprint density at radius 3 is 2.55 bits per heavy atom. The molecule has 1 amide bonds. The number of nitrogens with one attached hydrogen (secondary N) is 1. The van der Waals surface area contributed by atoms with Gasteiger partial charge in [-0.25, -0.2) is 0 Å². The number of aryl methyl sites for hydroxylation is 2. The maximum absolute atomic E-state index is 12.3. The summed E-state index contributed by atoms with van der Waals surface area (Å²) in [5.41, 5.74) is 4.61. The highest BCUT2D eigenvalue weighted by molar-refractivity contribution is 6.30. The predicted octanol–water partition coefficient (Wildman–Crippen LogP) is 4.77. The lowest BCUT2D eigenvalue weighted by molar-refractivity contribution is -0.121. The van der Waals surface area contributed by atoms with E-state index in [1.54, 1.807) is 0 Å². The number of amides is 1. The van der Waals surface area contributed by atoms with Crippen LogP contribution in [0.5, 0.6) is 0 Å². The molecule has 0 heterocycles. The first-order valence-electron chi connectivity index (χ1n) is 7.60. The Bertz CT molecular complexity index is 666. The minimum Gasteiger partial charge on any atom is -0.349 e. The van der Waals surface area contributed by atoms with E-state index in [0.29, 0.717) is 11.4 Å². The maximum Gasteiger partial charge on any atom is 0.224 e. The molecular formula is C19H22ClNO. The fraction of sp³-hybridized carbons (Fsp3) is 0.316. The van der Waals surface area contributed by atoms with E-state index in [2.05, 4.69) is 44.3 Å². The quantitative estimate of drug-likeness (QED) is 0.846. The summed E-state index contributed by atoms with van der Waals surface area (Å²) in [5.74, 6) is 0.0207. The lowest BCUT2D eigenvalue weighted by Gasteiger charge is -2.18. The summed E-state index contributed by atoms with van der Waals surface area (Å²) in [6, 6.07) is 13.8. The summed E-state index contributed by atoms with van der Waals surface area (Å²) in [5, 5.41) is 3.77. The molecule has 0 saturated carbocycles. The third kappa shape index (κ3) is 4.35. The molecule has 0 aliphatic rings. The van der Waals surface area contributed by atoms with Crippen molar-refractivity contribution in [1.82, 2.24) is 5.32 Å². The number of hydrogen-bond donors (Lipinski definition) is 1. The first-order chi connectivity index (χ1) is 10.5. The highest BCUT2D eigenvalue weighted by Gasteiger charge is 2.13. The summed E-state index contributed by atoms with van der Waals surface area (Å²) in [6.45, 7) is 6.27. The van der Waals surface area contributed by atoms with Gasteiger partial charge in [0.25, 0.3) is 0 Å². The molecule has 0 aromatic heterocycles. The smallest absolute Gasteiger partial charge is 0.224 e. The Kier molecular flexibility index (Phi) is 5.62. The van der Waals surface area contributed by atoms with Gasteiger partial charge in [-0.2, -0.15) is 0 Å². The number of carbonyl (C=O) groups excluding carboxylic acids is 1. The Morgan fingerprint density at radius 2 is 1.91 bits per heavy atom. The van der Waals surface area contributed by atoms with Crippen LogP contribution in [0, 0.1) is 13.8 Å². The number of benzene rings is 2. The van der Waals surface area contributed by atoms with Gasteiger partial charge >= 0.3 is 0 Å². The number of rotatable bonds is 5. The van der Waals surface area contributed by atoms with E-state index in [1.807, 2.05) is 24.3 Å². The zero-order chi connectivity index (χ0) is 16.1. The molecule has 0 aliphatic heterocycles. The monoisotopic (exact) mass is 315 g/mol. The van der Waals surface area contributed by atoms with Crippen molar-refractivity contribution in [2.24, 2.45) is 0 Å². The Morgan fingerprint density at radius 1 is 1.14 bits per heavy atom. The molecule has 3 heteroatoms. The second-order valence-corrected chi connectivity index (χ2v) is 6.12. The lowest BCUT2D eigenvalue weighted by atomic mass is 9.99. The van der Waals surface area contributed by atoms with Gasteiger partial charge in [0.15, 0.2) is 0 Å². The Balaban J connectivity index is 2.06. The van der Waals surface area contributed by atoms with Gasteiger partial charge in [0.2, 0.25) is 5.91 Å². The van der Waals surface area contributed by atoms with Gasteiger partial charge in [-0.05, 0) is 54.7 Å². The maximum atomic E-state index is 12.3. The third-order valence-corrected chi connectivity index (χ3v) is 4.17. The molecule has 0 spiro atoms. The molecule has 2 aromatic carbocycles. The lowest BCUT2D eigenvalue weighted by Crippen LogP contribution is -2.29. The van der Waals surface area contributed by atoms with E-state index in [4.69, 9.17) is 11.6 Å². The van der Waals surface area contributed by atoms with Crippen LogP contribution in [0.2, 0.25) is 5.02 Å². The average molecular weight is 316 g/mol. The molecule has 22 heavy (non-hydrogen) atoms. The molecule has 0 saturated heterocycles. The molecule has 1 atom stereocenters. The summed E-state index contributed by atoms with van der Waals surface area (Å²) < 4.78 is 0. The first kappa shape index (κ1) is 16.6. The second kappa shape index (κ2) is 7.46. The van der Waals surface area contributed by atoms with Gasteiger partial charge in [-0.3, -0.25) is 4.79 Å². The molecule has 2 aromatic rings. The number of hydrogen-bond acceptors (Lipinski definition) is 1. The predicted molar refractivity (Wildman–Crippen MR) is 92.2 cm³/mol. The van der Waals surface area contributed by atoms with Gasteiger partial charge in [0.05, 0.1) is 12.5 Å². The zero-order valence-electron chi connectivity index (χ0n) is 13.3. The van der Waals surface area contributed by atoms with Crippen molar-refractivity contribution in [2.45, 2.75) is 39.7 Å². The molecule has 0 radical (unpaired) electrons. The van der Waals surface area contributed by atoms with E-state index >= 15 is 0 Å². The van der Waals surface area contributed by atoms with Gasteiger partial charge in [-0.1, -0.05) is 48.9 Å². The average Bonchev–Trinajstić information content (AvgIpc) is 2.48. The van der Waals surface area contributed by atoms with Crippen molar-refractivity contribution < 1.29 is 4.79 Å². The summed E-state index contributed by atoms with van der Waals surface area (Å²) in [4.78, 5) is 12.3. The SMILES string of the molecule is CC[C@H](NC(=O)Cc1cccc(Cl)c1)c1ccc(C)c(C)c1. The normalized spacial score (nSPS) is 12.0. The standard InChI is InChI=1S/C19H22ClNO/c1-4-18(16-9-8-13(2)14(3)10-16)21-19(22)12-15-6-5-7-17(20)11-15/h5-11,18H,4,12H2,1-3H3,(H,21,22)/t18-/m0/s1. The van der Waals surface area contributed by atoms with Crippen LogP contribution in [0.3, 0.4) is 0 Å². The molecule has 0 unspecified atom stereocenters. The molecule has 2 rings (SSSR count). The Labute approximate surface area is 137 Å². The van der Waals surface area contributed by atoms with Crippen molar-refractivity contribution in [3.63, 3.8) is 0 Å². The van der Waals surface area contributed by atoms with Crippen LogP contribution in [-0.2, 0) is 11.2 Å². The van der Waals surface area contributed by atoms with Crippen molar-refractivity contribution in [2.75, 3.05) is 0 Å². The molecule has 2 nitrogen and oxygen atoms in total. The van der Waals surface area contributed by atoms with Crippen molar-refractivity contribution in [3.05, 3.63) is 69.7 Å². The van der Waals surface area contributed by atoms with Crippen molar-refractivity contribution >= 4 is 17.5 Å². The van der Waals surface area contributed by atoms with Gasteiger partial charge in [0.1, 0.15) is 0 Å². The van der Waals surface area contributed by atoms with E-state index in [-0.39, 0.29) is 11.9 Å². The van der Waals surface area contributed by atoms with Crippen LogP contribution in [0.25, 0.3) is 0 Å². The van der Waals surface area contributed by atoms with E-state index < -0.39 is 0 Å². The fourth-order valence-electron chi connectivity index (χ4n) is 2.48. The van der Waals surface area contributed by atoms with E-state index in [0.717, 1.165) is 17.5 Å². The van der Waals surface area contributed by atoms with Crippen LogP contribution in [0.4, 0.5) is 0 Å². The second-order valence-electron chi connectivity index (χ2n) is 5.68. The van der Waals surface area contributed by atoms with Crippen LogP contribution < -0.4 is 5.32 Å². The van der Waals surface area contributed by atoms with Crippen LogP contribution in [0.1, 0.15) is 41.6 Å². The minimum atomic E-state index is 0.0207. The first-order valence-corrected chi connectivity index (χ1v) is 7.98. The Hall–Kier alpha value is -1.80. The summed E-state index contributed by atoms with van der Waals surface area (Å²) >= 11 is 5.96. The topological polar surface area (TPSA) is 29.1 Å². The zero-order valence-corrected chi connectivity index (χ0v) is 14.1. The molecule has 0 aliphatic carbocycles. The van der Waals surface area contributed by atoms with Gasteiger partial charge in [0, 0.05) is 5.02 Å². The fourth-order valence-corrected chi connectivity index (χ4v) is 2.69. The van der Waals surface area contributed by atoms with Crippen molar-refractivity contribution in [1.29, 1.82) is 0 Å². The molecular weight excluding hydrogens is 294 g/mol. The summed E-state index contributed by atoms with van der Waals surface area (Å²) in [7, 11) is 0. The molecule has 116 valence electrons. The van der Waals surface area contributed by atoms with Crippen LogP contribution >= 0.6 is 11.6 Å². The number of carbonyl (C=O) groups is 1. The van der Waals surface area contributed by atoms with E-state index in [9.17, 15) is 4.79 Å². The number of halogens is 1. The van der Waals surface area contributed by atoms with E-state index in [1.165, 1.54) is 11.1 Å². The molecule has 0 bridgehead atoms. The molecule has 0 fully saturated rings. The van der Waals surface area contributed by atoms with Gasteiger partial charge < -0.3 is 5.32 Å². The van der Waals surface area contributed by atoms with Gasteiger partial charge in [-0.15, -0.1) is 0 Å². The van der Waals surface area contributed by atoms with Crippen LogP contribution in [0.15, 0.2) is 42.5 Å². The largest absolute Gasteiger partial charge is 0.349 e. The minimum absolute atomic E-state index is 0.0207. The molecule has 1 N–H and O–H groups in total. The van der Waals surface area contributed by atoms with Crippen molar-refractivity contribution in [3.8, 4) is 0 Å². The highest BCUT2D eigenvalue weighted by atomic mass is 35.5.